The number of pyridine rings is 1. The minimum Gasteiger partial charge on any atom is -0.382 e. The second-order valence-corrected chi connectivity index (χ2v) is 7.90. The zero-order chi connectivity index (χ0) is 23.7. The molecular weight excluding hydrogens is 431 g/mol. The van der Waals surface area contributed by atoms with Gasteiger partial charge in [-0.05, 0) is 65.6 Å². The fraction of sp³-hybridized carbons (Fsp3) is 0.0385. The molecule has 0 bridgehead atoms. The fourth-order valence-electron chi connectivity index (χ4n) is 3.92. The zero-order valence-electron chi connectivity index (χ0n) is 18.3. The second-order valence-electron chi connectivity index (χ2n) is 7.90. The predicted molar refractivity (Wildman–Crippen MR) is 133 cm³/mol. The summed E-state index contributed by atoms with van der Waals surface area (Å²) in [5, 5.41) is 13.3. The number of rotatable bonds is 4. The van der Waals surface area contributed by atoms with Crippen LogP contribution in [0.5, 0.6) is 0 Å². The van der Waals surface area contributed by atoms with Crippen molar-refractivity contribution in [3.63, 3.8) is 0 Å². The normalized spacial score (nSPS) is 10.9. The number of nitrogens with two attached hydrogens (primary N) is 1. The van der Waals surface area contributed by atoms with E-state index in [-0.39, 0.29) is 5.69 Å². The lowest BCUT2D eigenvalue weighted by Gasteiger charge is -2.11. The van der Waals surface area contributed by atoms with E-state index in [4.69, 9.17) is 5.73 Å². The highest BCUT2D eigenvalue weighted by molar-refractivity contribution is 6.08. The lowest BCUT2D eigenvalue weighted by Crippen LogP contribution is -2.20. The van der Waals surface area contributed by atoms with E-state index in [0.29, 0.717) is 11.5 Å². The third-order valence-electron chi connectivity index (χ3n) is 5.56. The molecule has 0 saturated carbocycles. The number of aryl methyl sites for hydroxylation is 1. The molecule has 2 amide bonds. The van der Waals surface area contributed by atoms with Crippen LogP contribution in [0.3, 0.4) is 0 Å². The number of nitrogen functional groups attached to an aromatic ring is 1. The van der Waals surface area contributed by atoms with Gasteiger partial charge >= 0.3 is 6.03 Å². The topological polar surface area (TPSA) is 109 Å². The van der Waals surface area contributed by atoms with Gasteiger partial charge in [0, 0.05) is 23.6 Å². The molecule has 0 radical (unpaired) electrons. The Hall–Kier alpha value is -4.72. The first kappa shape index (κ1) is 21.1. The summed E-state index contributed by atoms with van der Waals surface area (Å²) < 4.78 is 13.9. The van der Waals surface area contributed by atoms with Gasteiger partial charge in [0.2, 0.25) is 0 Å². The van der Waals surface area contributed by atoms with Crippen LogP contribution < -0.4 is 16.4 Å². The van der Waals surface area contributed by atoms with Crippen LogP contribution in [-0.2, 0) is 0 Å². The van der Waals surface area contributed by atoms with Crippen molar-refractivity contribution in [2.24, 2.45) is 0 Å². The monoisotopic (exact) mass is 452 g/mol. The average Bonchev–Trinajstić information content (AvgIpc) is 3.24. The molecule has 0 aliphatic heterocycles. The number of H-pyrrole nitrogens is 1. The predicted octanol–water partition coefficient (Wildman–Crippen LogP) is 5.97. The Balaban J connectivity index is 1.40. The van der Waals surface area contributed by atoms with Crippen molar-refractivity contribution >= 4 is 34.1 Å². The van der Waals surface area contributed by atoms with Gasteiger partial charge in [0.15, 0.2) is 5.82 Å². The Kier molecular flexibility index (Phi) is 5.39. The van der Waals surface area contributed by atoms with Crippen molar-refractivity contribution in [3.8, 4) is 22.3 Å². The number of hydrogen-bond acceptors (Lipinski definition) is 4. The molecule has 0 aliphatic rings. The maximum Gasteiger partial charge on any atom is 0.323 e. The lowest BCUT2D eigenvalue weighted by molar-refractivity contribution is 0.262. The molecule has 0 atom stereocenters. The molecule has 0 fully saturated rings. The number of benzene rings is 3. The SMILES string of the molecule is Cc1ccc(F)c(NC(=O)Nc2ccc(-c3ccc(-c4ccncc4)c4[nH]nc(N)c34)cc2)c1. The molecule has 2 aromatic heterocycles. The van der Waals surface area contributed by atoms with Gasteiger partial charge < -0.3 is 16.4 Å². The van der Waals surface area contributed by atoms with E-state index in [1.165, 1.54) is 6.07 Å². The molecule has 2 heterocycles. The fourth-order valence-corrected chi connectivity index (χ4v) is 3.92. The molecule has 168 valence electrons. The number of amides is 2. The van der Waals surface area contributed by atoms with Crippen molar-refractivity contribution in [1.82, 2.24) is 15.2 Å². The molecule has 8 heteroatoms. The number of nitrogens with zero attached hydrogens (tertiary/aromatic N) is 2. The molecule has 5 aromatic rings. The van der Waals surface area contributed by atoms with Gasteiger partial charge in [0.25, 0.3) is 0 Å². The van der Waals surface area contributed by atoms with Crippen molar-refractivity contribution in [2.75, 3.05) is 16.4 Å². The van der Waals surface area contributed by atoms with Crippen molar-refractivity contribution in [2.45, 2.75) is 6.92 Å². The van der Waals surface area contributed by atoms with Gasteiger partial charge in [-0.2, -0.15) is 5.10 Å². The molecule has 0 spiro atoms. The smallest absolute Gasteiger partial charge is 0.323 e. The Labute approximate surface area is 194 Å². The van der Waals surface area contributed by atoms with E-state index >= 15 is 0 Å². The van der Waals surface area contributed by atoms with Crippen molar-refractivity contribution in [3.05, 3.63) is 90.5 Å². The van der Waals surface area contributed by atoms with E-state index < -0.39 is 11.8 Å². The van der Waals surface area contributed by atoms with E-state index in [9.17, 15) is 9.18 Å². The number of urea groups is 1. The molecule has 5 rings (SSSR count). The van der Waals surface area contributed by atoms with Gasteiger partial charge in [-0.25, -0.2) is 9.18 Å². The maximum absolute atomic E-state index is 13.9. The van der Waals surface area contributed by atoms with Crippen LogP contribution in [0.1, 0.15) is 5.56 Å². The number of carbonyl (C=O) groups is 1. The van der Waals surface area contributed by atoms with Crippen LogP contribution in [0.4, 0.5) is 26.4 Å². The first-order valence-electron chi connectivity index (χ1n) is 10.6. The van der Waals surface area contributed by atoms with Crippen LogP contribution in [0, 0.1) is 12.7 Å². The minimum absolute atomic E-state index is 0.126. The van der Waals surface area contributed by atoms with Gasteiger partial charge in [-0.3, -0.25) is 10.1 Å². The Morgan fingerprint density at radius 2 is 1.62 bits per heavy atom. The molecule has 0 saturated heterocycles. The average molecular weight is 452 g/mol. The van der Waals surface area contributed by atoms with Crippen molar-refractivity contribution in [1.29, 1.82) is 0 Å². The van der Waals surface area contributed by atoms with Gasteiger partial charge in [0.05, 0.1) is 16.6 Å². The summed E-state index contributed by atoms with van der Waals surface area (Å²) in [6, 6.07) is 19.2. The summed E-state index contributed by atoms with van der Waals surface area (Å²) in [7, 11) is 0. The zero-order valence-corrected chi connectivity index (χ0v) is 18.3. The molecule has 0 unspecified atom stereocenters. The van der Waals surface area contributed by atoms with Gasteiger partial charge in [0.1, 0.15) is 5.82 Å². The van der Waals surface area contributed by atoms with Crippen LogP contribution in [0.2, 0.25) is 0 Å². The van der Waals surface area contributed by atoms with Crippen LogP contribution in [0.25, 0.3) is 33.2 Å². The number of halogens is 1. The number of fused-ring (bicyclic) bond motifs is 1. The molecule has 5 N–H and O–H groups in total. The first-order valence-corrected chi connectivity index (χ1v) is 10.6. The quantitative estimate of drug-likeness (QED) is 0.269. The lowest BCUT2D eigenvalue weighted by atomic mass is 9.96. The molecule has 7 nitrogen and oxygen atoms in total. The van der Waals surface area contributed by atoms with Crippen LogP contribution in [-0.4, -0.2) is 21.2 Å². The van der Waals surface area contributed by atoms with Crippen molar-refractivity contribution < 1.29 is 9.18 Å². The number of aromatic nitrogens is 3. The third-order valence-corrected chi connectivity index (χ3v) is 5.56. The van der Waals surface area contributed by atoms with E-state index in [1.807, 2.05) is 43.3 Å². The van der Waals surface area contributed by atoms with Gasteiger partial charge in [-0.15, -0.1) is 0 Å². The number of anilines is 3. The Bertz CT molecular complexity index is 1500. The highest BCUT2D eigenvalue weighted by Gasteiger charge is 2.15. The molecular formula is C26H21FN6O. The minimum atomic E-state index is -0.527. The van der Waals surface area contributed by atoms with Crippen LogP contribution >= 0.6 is 0 Å². The molecule has 34 heavy (non-hydrogen) atoms. The standard InChI is InChI=1S/C26H21FN6O/c1-15-2-9-21(27)22(14-15)31-26(34)30-18-5-3-16(4-6-18)19-7-8-20(17-10-12-29-13-11-17)24-23(19)25(28)33-32-24/h2-14H,1H3,(H3,28,32,33)(H2,30,31,34). The van der Waals surface area contributed by atoms with E-state index in [0.717, 1.165) is 38.7 Å². The molecule has 0 aliphatic carbocycles. The van der Waals surface area contributed by atoms with Gasteiger partial charge in [-0.1, -0.05) is 30.3 Å². The van der Waals surface area contributed by atoms with E-state index in [1.54, 1.807) is 36.7 Å². The maximum atomic E-state index is 13.9. The summed E-state index contributed by atoms with van der Waals surface area (Å²) in [5.74, 6) is -0.0873. The number of carbonyl (C=O) groups excluding carboxylic acids is 1. The largest absolute Gasteiger partial charge is 0.382 e. The summed E-state index contributed by atoms with van der Waals surface area (Å²) in [5.41, 5.74) is 12.4. The number of hydrogen-bond donors (Lipinski definition) is 4. The second kappa shape index (κ2) is 8.67. The number of aromatic amines is 1. The summed E-state index contributed by atoms with van der Waals surface area (Å²) in [6.45, 7) is 1.83. The van der Waals surface area contributed by atoms with Crippen LogP contribution in [0.15, 0.2) is 79.1 Å². The van der Waals surface area contributed by atoms with E-state index in [2.05, 4.69) is 25.8 Å². The highest BCUT2D eigenvalue weighted by atomic mass is 19.1. The highest BCUT2D eigenvalue weighted by Crippen LogP contribution is 2.37. The summed E-state index contributed by atoms with van der Waals surface area (Å²) >= 11 is 0. The summed E-state index contributed by atoms with van der Waals surface area (Å²) in [4.78, 5) is 16.4. The summed E-state index contributed by atoms with van der Waals surface area (Å²) in [6.07, 6.45) is 3.48. The Morgan fingerprint density at radius 3 is 2.38 bits per heavy atom. The molecule has 3 aromatic carbocycles. The first-order chi connectivity index (χ1) is 16.5. The Morgan fingerprint density at radius 1 is 0.912 bits per heavy atom. The third kappa shape index (κ3) is 4.04. The number of nitrogens with one attached hydrogen (secondary N) is 3.